The zero-order valence-corrected chi connectivity index (χ0v) is 11.5. The molecule has 0 aliphatic rings. The van der Waals surface area contributed by atoms with Gasteiger partial charge in [0.05, 0.1) is 7.11 Å². The van der Waals surface area contributed by atoms with Gasteiger partial charge in [-0.25, -0.2) is 9.79 Å². The Kier molecular flexibility index (Phi) is 4.09. The third kappa shape index (κ3) is 3.19. The largest absolute Gasteiger partial charge is 0.497 e. The number of amides is 1. The van der Waals surface area contributed by atoms with Crippen LogP contribution in [0.3, 0.4) is 0 Å². The molecule has 0 aliphatic heterocycles. The van der Waals surface area contributed by atoms with Crippen LogP contribution in [-0.2, 0) is 0 Å². The zero-order chi connectivity index (χ0) is 14.5. The van der Waals surface area contributed by atoms with Crippen molar-refractivity contribution in [3.8, 4) is 5.75 Å². The average molecular weight is 273 g/mol. The summed E-state index contributed by atoms with van der Waals surface area (Å²) in [6.45, 7) is 0. The maximum Gasteiger partial charge on any atom is 0.345 e. The Labute approximate surface area is 116 Å². The lowest BCUT2D eigenvalue weighted by molar-refractivity contribution is 0.216. The maximum atomic E-state index is 11.6. The molecule has 20 heavy (non-hydrogen) atoms. The first kappa shape index (κ1) is 13.7. The Morgan fingerprint density at radius 3 is 2.65 bits per heavy atom. The molecule has 0 aliphatic carbocycles. The van der Waals surface area contributed by atoms with Gasteiger partial charge < -0.3 is 9.64 Å². The Morgan fingerprint density at radius 2 is 2.05 bits per heavy atom. The van der Waals surface area contributed by atoms with Crippen LogP contribution in [0, 0.1) is 0 Å². The second-order valence-corrected chi connectivity index (χ2v) is 4.20. The van der Waals surface area contributed by atoms with Crippen molar-refractivity contribution in [3.63, 3.8) is 0 Å². The van der Waals surface area contributed by atoms with Gasteiger partial charge in [0.15, 0.2) is 0 Å². The molecule has 0 bridgehead atoms. The molecule has 0 unspecified atom stereocenters. The fourth-order valence-corrected chi connectivity index (χ4v) is 1.43. The van der Waals surface area contributed by atoms with E-state index in [4.69, 9.17) is 4.74 Å². The fraction of sp³-hybridized carbons (Fsp3) is 0.231. The molecule has 1 amide bonds. The van der Waals surface area contributed by atoms with Gasteiger partial charge in [0.1, 0.15) is 12.1 Å². The van der Waals surface area contributed by atoms with Crippen LogP contribution in [0.15, 0.2) is 35.6 Å². The molecule has 7 heteroatoms. The van der Waals surface area contributed by atoms with Gasteiger partial charge in [-0.05, 0) is 29.8 Å². The topological polar surface area (TPSA) is 72.6 Å². The number of ether oxygens (including phenoxy) is 1. The summed E-state index contributed by atoms with van der Waals surface area (Å²) in [5.74, 6) is 1.01. The number of benzene rings is 1. The van der Waals surface area contributed by atoms with Crippen LogP contribution in [0.5, 0.6) is 5.75 Å². The number of hydrogen-bond donors (Lipinski definition) is 0. The molecule has 0 N–H and O–H groups in total. The van der Waals surface area contributed by atoms with Gasteiger partial charge in [0.25, 0.3) is 5.95 Å². The third-order valence-corrected chi connectivity index (χ3v) is 2.50. The van der Waals surface area contributed by atoms with E-state index >= 15 is 0 Å². The van der Waals surface area contributed by atoms with E-state index in [1.807, 2.05) is 24.3 Å². The van der Waals surface area contributed by atoms with E-state index in [-0.39, 0.29) is 12.0 Å². The zero-order valence-electron chi connectivity index (χ0n) is 11.5. The highest BCUT2D eigenvalue weighted by Crippen LogP contribution is 2.10. The molecular weight excluding hydrogens is 258 g/mol. The third-order valence-electron chi connectivity index (χ3n) is 2.50. The number of rotatable bonds is 3. The summed E-state index contributed by atoms with van der Waals surface area (Å²) in [6.07, 6.45) is 2.96. The van der Waals surface area contributed by atoms with Gasteiger partial charge in [-0.15, -0.1) is 5.10 Å². The number of carbonyl (C=O) groups is 1. The normalized spacial score (nSPS) is 10.8. The van der Waals surface area contributed by atoms with Crippen molar-refractivity contribution in [2.45, 2.75) is 0 Å². The van der Waals surface area contributed by atoms with E-state index in [2.05, 4.69) is 15.1 Å². The molecule has 0 fully saturated rings. The van der Waals surface area contributed by atoms with Crippen molar-refractivity contribution in [3.05, 3.63) is 36.2 Å². The minimum absolute atomic E-state index is 0.232. The monoisotopic (exact) mass is 273 g/mol. The summed E-state index contributed by atoms with van der Waals surface area (Å²) < 4.78 is 6.21. The molecule has 0 spiro atoms. The predicted molar refractivity (Wildman–Crippen MR) is 74.8 cm³/mol. The molecule has 0 atom stereocenters. The maximum absolute atomic E-state index is 11.6. The molecule has 2 aromatic rings. The summed E-state index contributed by atoms with van der Waals surface area (Å²) in [6, 6.07) is 7.13. The van der Waals surface area contributed by atoms with Gasteiger partial charge in [-0.2, -0.15) is 9.67 Å². The van der Waals surface area contributed by atoms with Crippen molar-refractivity contribution >= 4 is 18.2 Å². The molecule has 1 aromatic carbocycles. The molecular formula is C13H15N5O2. The minimum atomic E-state index is -0.275. The second-order valence-electron chi connectivity index (χ2n) is 4.20. The Bertz CT molecular complexity index is 616. The van der Waals surface area contributed by atoms with Crippen LogP contribution in [0.25, 0.3) is 0 Å². The lowest BCUT2D eigenvalue weighted by Gasteiger charge is -2.07. The van der Waals surface area contributed by atoms with Crippen LogP contribution >= 0.6 is 0 Å². The molecule has 0 saturated heterocycles. The minimum Gasteiger partial charge on any atom is -0.497 e. The van der Waals surface area contributed by atoms with Gasteiger partial charge in [-0.3, -0.25) is 0 Å². The van der Waals surface area contributed by atoms with Crippen LogP contribution in [0.4, 0.5) is 10.7 Å². The number of methoxy groups -OCH3 is 1. The first-order valence-electron chi connectivity index (χ1n) is 5.91. The molecule has 7 nitrogen and oxygen atoms in total. The molecule has 104 valence electrons. The van der Waals surface area contributed by atoms with Crippen molar-refractivity contribution in [1.82, 2.24) is 19.7 Å². The number of aliphatic imine (C=N–C) groups is 1. The summed E-state index contributed by atoms with van der Waals surface area (Å²) in [7, 11) is 4.90. The van der Waals surface area contributed by atoms with Gasteiger partial charge in [0, 0.05) is 20.3 Å². The Balaban J connectivity index is 2.09. The number of nitrogens with zero attached hydrogens (tertiary/aromatic N) is 5. The van der Waals surface area contributed by atoms with E-state index in [1.54, 1.807) is 27.4 Å². The van der Waals surface area contributed by atoms with Crippen molar-refractivity contribution < 1.29 is 9.53 Å². The van der Waals surface area contributed by atoms with Crippen LogP contribution in [0.2, 0.25) is 0 Å². The van der Waals surface area contributed by atoms with E-state index in [9.17, 15) is 4.79 Å². The second kappa shape index (κ2) is 5.96. The fourth-order valence-electron chi connectivity index (χ4n) is 1.43. The van der Waals surface area contributed by atoms with Gasteiger partial charge >= 0.3 is 6.03 Å². The van der Waals surface area contributed by atoms with Crippen LogP contribution in [-0.4, -0.2) is 53.1 Å². The summed E-state index contributed by atoms with van der Waals surface area (Å²) >= 11 is 0. The average Bonchev–Trinajstić information content (AvgIpc) is 2.93. The molecule has 0 radical (unpaired) electrons. The Hall–Kier alpha value is -2.70. The summed E-state index contributed by atoms with van der Waals surface area (Å²) in [5.41, 5.74) is 0.890. The quantitative estimate of drug-likeness (QED) is 0.796. The highest BCUT2D eigenvalue weighted by molar-refractivity contribution is 5.81. The van der Waals surface area contributed by atoms with E-state index < -0.39 is 0 Å². The van der Waals surface area contributed by atoms with Crippen molar-refractivity contribution in [1.29, 1.82) is 0 Å². The Morgan fingerprint density at radius 1 is 1.35 bits per heavy atom. The number of carbonyl (C=O) groups excluding carboxylic acids is 1. The van der Waals surface area contributed by atoms with Crippen LogP contribution < -0.4 is 4.74 Å². The number of hydrogen-bond acceptors (Lipinski definition) is 5. The number of aromatic nitrogens is 3. The standard InChI is InChI=1S/C13H15N5O2/c1-17(2)13(19)18-9-15-12(16-18)14-8-10-4-6-11(20-3)7-5-10/h4-9H,1-3H3. The summed E-state index contributed by atoms with van der Waals surface area (Å²) in [5, 5.41) is 3.97. The first-order valence-corrected chi connectivity index (χ1v) is 5.91. The molecule has 1 heterocycles. The lowest BCUT2D eigenvalue weighted by atomic mass is 10.2. The van der Waals surface area contributed by atoms with E-state index in [1.165, 1.54) is 11.2 Å². The van der Waals surface area contributed by atoms with Crippen molar-refractivity contribution in [2.75, 3.05) is 21.2 Å². The van der Waals surface area contributed by atoms with E-state index in [0.29, 0.717) is 0 Å². The van der Waals surface area contributed by atoms with Gasteiger partial charge in [0.2, 0.25) is 0 Å². The highest BCUT2D eigenvalue weighted by Gasteiger charge is 2.08. The van der Waals surface area contributed by atoms with E-state index in [0.717, 1.165) is 16.0 Å². The first-order chi connectivity index (χ1) is 9.60. The van der Waals surface area contributed by atoms with Gasteiger partial charge in [-0.1, -0.05) is 0 Å². The smallest absolute Gasteiger partial charge is 0.345 e. The molecule has 2 rings (SSSR count). The predicted octanol–water partition coefficient (Wildman–Crippen LogP) is 1.57. The van der Waals surface area contributed by atoms with Crippen molar-refractivity contribution in [2.24, 2.45) is 4.99 Å². The van der Waals surface area contributed by atoms with Crippen LogP contribution in [0.1, 0.15) is 5.56 Å². The SMILES string of the molecule is COc1ccc(C=Nc2ncn(C(=O)N(C)C)n2)cc1. The molecule has 1 aromatic heterocycles. The highest BCUT2D eigenvalue weighted by atomic mass is 16.5. The summed E-state index contributed by atoms with van der Waals surface area (Å²) in [4.78, 5) is 21.1. The molecule has 0 saturated carbocycles. The lowest BCUT2D eigenvalue weighted by Crippen LogP contribution is -2.27.